The molecule has 1 aromatic carbocycles. The second-order valence-electron chi connectivity index (χ2n) is 10.0. The average Bonchev–Trinajstić information content (AvgIpc) is 3.47. The maximum atomic E-state index is 14.5. The van der Waals surface area contributed by atoms with Crippen LogP contribution in [0.3, 0.4) is 0 Å². The Balaban J connectivity index is 1.75. The van der Waals surface area contributed by atoms with Crippen molar-refractivity contribution >= 4 is 62.8 Å². The maximum Gasteiger partial charge on any atom is 0.310 e. The van der Waals surface area contributed by atoms with Gasteiger partial charge >= 0.3 is 5.97 Å². The first-order chi connectivity index (χ1) is 18.2. The van der Waals surface area contributed by atoms with Gasteiger partial charge in [0.15, 0.2) is 0 Å². The number of benzene rings is 1. The van der Waals surface area contributed by atoms with Crippen LogP contribution in [-0.2, 0) is 19.1 Å². The van der Waals surface area contributed by atoms with E-state index < -0.39 is 28.6 Å². The fourth-order valence-corrected chi connectivity index (χ4v) is 10.1. The number of unbranched alkanes of at least 4 members (excludes halogenated alkanes) is 1. The first-order valence-corrected chi connectivity index (χ1v) is 15.1. The van der Waals surface area contributed by atoms with Crippen LogP contribution in [-0.4, -0.2) is 75.0 Å². The Morgan fingerprint density at radius 1 is 1.34 bits per heavy atom. The number of carbonyl (C=O) groups is 3. The number of fused-ring (bicyclic) bond motifs is 1. The van der Waals surface area contributed by atoms with Gasteiger partial charge in [0.05, 0.1) is 33.9 Å². The Kier molecular flexibility index (Phi) is 9.33. The number of aliphatic hydroxyl groups excluding tert-OH is 1. The highest BCUT2D eigenvalue weighted by molar-refractivity contribution is 9.09. The number of hydrogen-bond donors (Lipinski definition) is 1. The molecule has 1 N–H and O–H groups in total. The predicted octanol–water partition coefficient (Wildman–Crippen LogP) is 4.52. The number of aliphatic hydroxyl groups is 1. The minimum atomic E-state index is -0.823. The number of likely N-dealkylation sites (tertiary alicyclic amines) is 1. The number of rotatable bonds is 12. The minimum Gasteiger partial charge on any atom is -0.465 e. The van der Waals surface area contributed by atoms with Crippen LogP contribution in [0.15, 0.2) is 43.5 Å². The summed E-state index contributed by atoms with van der Waals surface area (Å²) in [7, 11) is 0. The standard InChI is InChI=1S/C28H34BrClN2O5S/c1-4-6-7-15-37-27(36)20-21-25(34)32(13-9-14-33)24(28(21)16-18(29)23(20)38-28)26(35)31(12-5-2)22-17(3)10-8-11-19(22)30/h4-5,8,10-11,18,20-21,23-24,33H,1-2,6-7,9,12-16H2,3H3/t18?,20-,21-,23-,24?,28?/m0/s1. The maximum absolute atomic E-state index is 14.5. The zero-order chi connectivity index (χ0) is 27.6. The molecule has 0 saturated carbocycles. The molecule has 0 radical (unpaired) electrons. The van der Waals surface area contributed by atoms with Gasteiger partial charge in [0.2, 0.25) is 5.91 Å². The first-order valence-electron chi connectivity index (χ1n) is 12.9. The van der Waals surface area contributed by atoms with Crippen LogP contribution in [0, 0.1) is 18.8 Å². The molecule has 206 valence electrons. The number of alkyl halides is 1. The summed E-state index contributed by atoms with van der Waals surface area (Å²) < 4.78 is 4.82. The number of esters is 1. The Morgan fingerprint density at radius 3 is 2.76 bits per heavy atom. The summed E-state index contributed by atoms with van der Waals surface area (Å²) in [5, 5.41) is 9.83. The van der Waals surface area contributed by atoms with Gasteiger partial charge < -0.3 is 19.6 Å². The van der Waals surface area contributed by atoms with Gasteiger partial charge in [-0.15, -0.1) is 24.9 Å². The third-order valence-electron chi connectivity index (χ3n) is 7.69. The van der Waals surface area contributed by atoms with E-state index in [0.29, 0.717) is 30.0 Å². The number of carbonyl (C=O) groups excluding carboxylic acids is 3. The molecule has 3 fully saturated rings. The second kappa shape index (κ2) is 12.1. The summed E-state index contributed by atoms with van der Waals surface area (Å²) in [5.74, 6) is -2.21. The number of para-hydroxylation sites is 1. The van der Waals surface area contributed by atoms with Crippen molar-refractivity contribution in [1.29, 1.82) is 0 Å². The van der Waals surface area contributed by atoms with Crippen molar-refractivity contribution in [3.8, 4) is 0 Å². The lowest BCUT2D eigenvalue weighted by molar-refractivity contribution is -0.154. The van der Waals surface area contributed by atoms with E-state index in [9.17, 15) is 19.5 Å². The van der Waals surface area contributed by atoms with Crippen molar-refractivity contribution in [2.24, 2.45) is 11.8 Å². The van der Waals surface area contributed by atoms with Gasteiger partial charge in [-0.25, -0.2) is 0 Å². The Hall–Kier alpha value is -1.81. The third-order valence-corrected chi connectivity index (χ3v) is 11.2. The van der Waals surface area contributed by atoms with Gasteiger partial charge in [0.1, 0.15) is 6.04 Å². The number of halogens is 2. The molecule has 3 saturated heterocycles. The Morgan fingerprint density at radius 2 is 2.11 bits per heavy atom. The van der Waals surface area contributed by atoms with Gasteiger partial charge in [-0.3, -0.25) is 14.4 Å². The minimum absolute atomic E-state index is 0.0507. The Labute approximate surface area is 241 Å². The lowest BCUT2D eigenvalue weighted by Crippen LogP contribution is -2.56. The summed E-state index contributed by atoms with van der Waals surface area (Å²) in [6, 6.07) is 4.63. The van der Waals surface area contributed by atoms with E-state index in [1.165, 1.54) is 0 Å². The summed E-state index contributed by atoms with van der Waals surface area (Å²) in [5.41, 5.74) is 1.41. The van der Waals surface area contributed by atoms with Gasteiger partial charge in [-0.05, 0) is 44.2 Å². The molecule has 3 unspecified atom stereocenters. The van der Waals surface area contributed by atoms with Crippen LogP contribution in [0.4, 0.5) is 5.69 Å². The van der Waals surface area contributed by atoms with Crippen molar-refractivity contribution < 1.29 is 24.2 Å². The van der Waals surface area contributed by atoms with E-state index >= 15 is 0 Å². The van der Waals surface area contributed by atoms with E-state index in [4.69, 9.17) is 16.3 Å². The fourth-order valence-electron chi connectivity index (χ4n) is 6.19. The van der Waals surface area contributed by atoms with Gasteiger partial charge in [-0.2, -0.15) is 0 Å². The number of nitrogens with zero attached hydrogens (tertiary/aromatic N) is 2. The van der Waals surface area contributed by atoms with Crippen molar-refractivity contribution in [2.75, 3.05) is 31.2 Å². The lowest BCUT2D eigenvalue weighted by Gasteiger charge is -2.38. The molecule has 7 nitrogen and oxygen atoms in total. The highest BCUT2D eigenvalue weighted by Crippen LogP contribution is 2.68. The number of amides is 2. The molecular weight excluding hydrogens is 592 g/mol. The summed E-state index contributed by atoms with van der Waals surface area (Å²) in [4.78, 5) is 45.0. The largest absolute Gasteiger partial charge is 0.465 e. The fraction of sp³-hybridized carbons (Fsp3) is 0.536. The summed E-state index contributed by atoms with van der Waals surface area (Å²) in [6.45, 7) is 10.0. The molecule has 0 aromatic heterocycles. The Bertz CT molecular complexity index is 1100. The van der Waals surface area contributed by atoms with E-state index in [-0.39, 0.29) is 48.2 Å². The first kappa shape index (κ1) is 29.2. The van der Waals surface area contributed by atoms with Crippen molar-refractivity contribution in [2.45, 2.75) is 53.5 Å². The number of ether oxygens (including phenoxy) is 1. The topological polar surface area (TPSA) is 87.1 Å². The third kappa shape index (κ3) is 4.95. The quantitative estimate of drug-likeness (QED) is 0.159. The van der Waals surface area contributed by atoms with E-state index in [1.807, 2.05) is 19.1 Å². The molecule has 1 spiro atoms. The van der Waals surface area contributed by atoms with Crippen LogP contribution in [0.2, 0.25) is 5.02 Å². The molecule has 3 heterocycles. The molecule has 10 heteroatoms. The average molecular weight is 626 g/mol. The van der Waals surface area contributed by atoms with Crippen LogP contribution >= 0.6 is 39.3 Å². The zero-order valence-electron chi connectivity index (χ0n) is 21.5. The number of allylic oxidation sites excluding steroid dienone is 1. The van der Waals surface area contributed by atoms with Gasteiger partial charge in [0.25, 0.3) is 5.91 Å². The number of hydrogen-bond acceptors (Lipinski definition) is 6. The zero-order valence-corrected chi connectivity index (χ0v) is 24.6. The summed E-state index contributed by atoms with van der Waals surface area (Å²) in [6.07, 6.45) is 5.70. The molecule has 2 amide bonds. The van der Waals surface area contributed by atoms with Crippen LogP contribution in [0.25, 0.3) is 0 Å². The number of aryl methyl sites for hydroxylation is 1. The number of thioether (sulfide) groups is 1. The molecule has 0 aliphatic carbocycles. The molecule has 3 aliphatic rings. The molecule has 38 heavy (non-hydrogen) atoms. The van der Waals surface area contributed by atoms with E-state index in [0.717, 1.165) is 12.0 Å². The molecule has 6 atom stereocenters. The van der Waals surface area contributed by atoms with Crippen molar-refractivity contribution in [1.82, 2.24) is 4.90 Å². The molecular formula is C28H34BrClN2O5S. The highest BCUT2D eigenvalue weighted by Gasteiger charge is 2.76. The number of anilines is 1. The van der Waals surface area contributed by atoms with Crippen LogP contribution in [0.1, 0.15) is 31.2 Å². The van der Waals surface area contributed by atoms with Crippen molar-refractivity contribution in [3.63, 3.8) is 0 Å². The van der Waals surface area contributed by atoms with E-state index in [2.05, 4.69) is 29.1 Å². The van der Waals surface area contributed by atoms with Crippen LogP contribution in [0.5, 0.6) is 0 Å². The molecule has 1 aromatic rings. The molecule has 2 bridgehead atoms. The normalized spacial score (nSPS) is 29.3. The van der Waals surface area contributed by atoms with Crippen molar-refractivity contribution in [3.05, 3.63) is 54.1 Å². The highest BCUT2D eigenvalue weighted by atomic mass is 79.9. The van der Waals surface area contributed by atoms with E-state index in [1.54, 1.807) is 39.8 Å². The second-order valence-corrected chi connectivity index (χ2v) is 13.1. The lowest BCUT2D eigenvalue weighted by atomic mass is 9.71. The monoisotopic (exact) mass is 624 g/mol. The predicted molar refractivity (Wildman–Crippen MR) is 155 cm³/mol. The molecule has 4 rings (SSSR count). The SMILES string of the molecule is C=CCCCOC(=O)[C@H]1[C@H]2C(=O)N(CCCO)C(C(=O)N(CC=C)c3c(C)cccc3Cl)C23CC(Br)[C@@H]1S3. The van der Waals surface area contributed by atoms with Gasteiger partial charge in [0, 0.05) is 29.8 Å². The van der Waals surface area contributed by atoms with Gasteiger partial charge in [-0.1, -0.05) is 51.8 Å². The summed E-state index contributed by atoms with van der Waals surface area (Å²) >= 11 is 11.9. The van der Waals surface area contributed by atoms with Crippen LogP contribution < -0.4 is 4.90 Å². The smallest absolute Gasteiger partial charge is 0.310 e. The molecule has 3 aliphatic heterocycles.